The number of carbonyl (C=O) groups is 1. The normalized spacial score (nSPS) is 19.6. The molecule has 0 spiro atoms. The van der Waals surface area contributed by atoms with Crippen LogP contribution in [0.3, 0.4) is 0 Å². The van der Waals surface area contributed by atoms with Crippen molar-refractivity contribution < 1.29 is 9.90 Å². The zero-order valence-corrected chi connectivity index (χ0v) is 16.4. The maximum Gasteiger partial charge on any atom is 0.230 e. The van der Waals surface area contributed by atoms with Gasteiger partial charge in [-0.3, -0.25) is 4.79 Å². The molecule has 144 valence electrons. The fraction of sp³-hybridized carbons (Fsp3) is 0.381. The van der Waals surface area contributed by atoms with E-state index in [9.17, 15) is 9.90 Å². The van der Waals surface area contributed by atoms with Crippen molar-refractivity contribution >= 4 is 33.3 Å². The lowest BCUT2D eigenvalue weighted by molar-refractivity contribution is -0.133. The highest BCUT2D eigenvalue weighted by molar-refractivity contribution is 7.17. The van der Waals surface area contributed by atoms with Crippen LogP contribution in [0.5, 0.6) is 5.75 Å². The first-order chi connectivity index (χ1) is 13.7. The quantitative estimate of drug-likeness (QED) is 0.723. The Morgan fingerprint density at radius 3 is 2.86 bits per heavy atom. The van der Waals surface area contributed by atoms with Gasteiger partial charge in [0.15, 0.2) is 0 Å². The minimum Gasteiger partial charge on any atom is -0.508 e. The maximum atomic E-state index is 13.2. The molecule has 3 heterocycles. The molecule has 1 saturated heterocycles. The summed E-state index contributed by atoms with van der Waals surface area (Å²) in [5.41, 5.74) is 2.94. The van der Waals surface area contributed by atoms with Crippen molar-refractivity contribution in [3.05, 3.63) is 47.1 Å². The van der Waals surface area contributed by atoms with Crippen molar-refractivity contribution in [3.63, 3.8) is 0 Å². The first-order valence-electron chi connectivity index (χ1n) is 9.75. The molecule has 5 rings (SSSR count). The Hall–Kier alpha value is -2.67. The number of piperazine rings is 1. The number of amides is 1. The van der Waals surface area contributed by atoms with Crippen LogP contribution in [0, 0.1) is 0 Å². The van der Waals surface area contributed by atoms with Crippen LogP contribution in [0.1, 0.15) is 29.9 Å². The molecule has 1 aliphatic heterocycles. The maximum absolute atomic E-state index is 13.2. The lowest BCUT2D eigenvalue weighted by Gasteiger charge is -2.38. The number of aromatic nitrogens is 2. The second-order valence-corrected chi connectivity index (χ2v) is 8.35. The Labute approximate surface area is 167 Å². The van der Waals surface area contributed by atoms with E-state index >= 15 is 0 Å². The molecule has 1 aromatic carbocycles. The van der Waals surface area contributed by atoms with E-state index in [1.807, 2.05) is 28.5 Å². The van der Waals surface area contributed by atoms with Crippen LogP contribution in [-0.2, 0) is 11.2 Å². The van der Waals surface area contributed by atoms with E-state index in [1.165, 1.54) is 0 Å². The van der Waals surface area contributed by atoms with Gasteiger partial charge in [-0.05, 0) is 47.9 Å². The fourth-order valence-corrected chi connectivity index (χ4v) is 5.31. The van der Waals surface area contributed by atoms with Gasteiger partial charge in [-0.15, -0.1) is 11.3 Å². The van der Waals surface area contributed by atoms with Crippen molar-refractivity contribution in [2.24, 2.45) is 0 Å². The number of fused-ring (bicyclic) bond motifs is 2. The highest BCUT2D eigenvalue weighted by atomic mass is 32.1. The van der Waals surface area contributed by atoms with Crippen molar-refractivity contribution in [2.45, 2.75) is 25.2 Å². The van der Waals surface area contributed by atoms with Crippen LogP contribution in [0.15, 0.2) is 36.0 Å². The molecule has 1 amide bonds. The summed E-state index contributed by atoms with van der Waals surface area (Å²) >= 11 is 1.66. The Morgan fingerprint density at radius 2 is 2.00 bits per heavy atom. The summed E-state index contributed by atoms with van der Waals surface area (Å²) in [6.45, 7) is 2.94. The van der Waals surface area contributed by atoms with E-state index in [2.05, 4.69) is 14.9 Å². The molecule has 28 heavy (non-hydrogen) atoms. The molecular weight excluding hydrogens is 372 g/mol. The second kappa shape index (κ2) is 7.05. The summed E-state index contributed by atoms with van der Waals surface area (Å²) in [6, 6.07) is 7.58. The number of carbonyl (C=O) groups excluding carboxylic acids is 1. The van der Waals surface area contributed by atoms with Crippen LogP contribution < -0.4 is 4.90 Å². The topological polar surface area (TPSA) is 69.6 Å². The molecule has 1 N–H and O–H groups in total. The molecule has 0 saturated carbocycles. The van der Waals surface area contributed by atoms with Gasteiger partial charge in [-0.2, -0.15) is 0 Å². The van der Waals surface area contributed by atoms with Gasteiger partial charge in [-0.1, -0.05) is 12.1 Å². The fourth-order valence-electron chi connectivity index (χ4n) is 4.45. The SMILES string of the molecule is O=C(C1CCCc2c(O)cccc21)N1CCN(c2ncnc3ccsc23)CC1. The first-order valence-corrected chi connectivity index (χ1v) is 10.6. The monoisotopic (exact) mass is 394 g/mol. The molecule has 7 heteroatoms. The summed E-state index contributed by atoms with van der Waals surface area (Å²) in [7, 11) is 0. The van der Waals surface area contributed by atoms with Gasteiger partial charge in [0, 0.05) is 26.2 Å². The number of nitrogens with zero attached hydrogens (tertiary/aromatic N) is 4. The Morgan fingerprint density at radius 1 is 1.14 bits per heavy atom. The van der Waals surface area contributed by atoms with E-state index < -0.39 is 0 Å². The van der Waals surface area contributed by atoms with Gasteiger partial charge in [0.25, 0.3) is 0 Å². The average molecular weight is 395 g/mol. The van der Waals surface area contributed by atoms with Crippen molar-refractivity contribution in [1.82, 2.24) is 14.9 Å². The summed E-state index contributed by atoms with van der Waals surface area (Å²) in [5.74, 6) is 1.35. The third kappa shape index (κ3) is 2.90. The molecule has 3 aromatic rings. The van der Waals surface area contributed by atoms with Crippen LogP contribution in [0.4, 0.5) is 5.82 Å². The number of phenols is 1. The van der Waals surface area contributed by atoms with Crippen LogP contribution in [-0.4, -0.2) is 52.1 Å². The van der Waals surface area contributed by atoms with E-state index in [0.29, 0.717) is 18.8 Å². The number of benzene rings is 1. The minimum atomic E-state index is -0.134. The number of hydrogen-bond acceptors (Lipinski definition) is 6. The van der Waals surface area contributed by atoms with E-state index in [-0.39, 0.29) is 11.8 Å². The van der Waals surface area contributed by atoms with Crippen LogP contribution >= 0.6 is 11.3 Å². The zero-order chi connectivity index (χ0) is 19.1. The first kappa shape index (κ1) is 17.4. The summed E-state index contributed by atoms with van der Waals surface area (Å²) in [4.78, 5) is 26.3. The molecule has 0 bridgehead atoms. The molecule has 6 nitrogen and oxygen atoms in total. The molecule has 0 radical (unpaired) electrons. The summed E-state index contributed by atoms with van der Waals surface area (Å²) < 4.78 is 1.11. The molecule has 1 aliphatic carbocycles. The number of phenolic OH excluding ortho intramolecular Hbond substituents is 1. The van der Waals surface area contributed by atoms with Gasteiger partial charge in [0.1, 0.15) is 17.9 Å². The second-order valence-electron chi connectivity index (χ2n) is 7.43. The van der Waals surface area contributed by atoms with Crippen molar-refractivity contribution in [1.29, 1.82) is 0 Å². The summed E-state index contributed by atoms with van der Waals surface area (Å²) in [6.07, 6.45) is 4.27. The predicted octanol–water partition coefficient (Wildman–Crippen LogP) is 3.17. The Kier molecular flexibility index (Phi) is 4.39. The van der Waals surface area contributed by atoms with Gasteiger partial charge >= 0.3 is 0 Å². The van der Waals surface area contributed by atoms with Gasteiger partial charge < -0.3 is 14.9 Å². The molecule has 1 fully saturated rings. The number of rotatable bonds is 2. The van der Waals surface area contributed by atoms with E-state index in [1.54, 1.807) is 23.7 Å². The average Bonchev–Trinajstić information content (AvgIpc) is 3.22. The van der Waals surface area contributed by atoms with Gasteiger partial charge in [-0.25, -0.2) is 9.97 Å². The molecule has 2 aromatic heterocycles. The molecule has 2 aliphatic rings. The third-order valence-electron chi connectivity index (χ3n) is 5.90. The lowest BCUT2D eigenvalue weighted by Crippen LogP contribution is -2.50. The largest absolute Gasteiger partial charge is 0.508 e. The molecular formula is C21H22N4O2S. The number of anilines is 1. The van der Waals surface area contributed by atoms with Gasteiger partial charge in [0.2, 0.25) is 5.91 Å². The standard InChI is InChI=1S/C21H22N4O2S/c26-18-6-2-3-14-15(18)4-1-5-16(14)21(27)25-10-8-24(9-11-25)20-19-17(7-12-28-19)22-13-23-20/h2-3,6-7,12-13,16,26H,1,4-5,8-11H2. The van der Waals surface area contributed by atoms with Gasteiger partial charge in [0.05, 0.1) is 16.1 Å². The highest BCUT2D eigenvalue weighted by Crippen LogP contribution is 2.37. The predicted molar refractivity (Wildman–Crippen MR) is 110 cm³/mol. The highest BCUT2D eigenvalue weighted by Gasteiger charge is 2.33. The van der Waals surface area contributed by atoms with Crippen molar-refractivity contribution in [3.8, 4) is 5.75 Å². The summed E-state index contributed by atoms with van der Waals surface area (Å²) in [5, 5.41) is 12.2. The third-order valence-corrected chi connectivity index (χ3v) is 6.80. The van der Waals surface area contributed by atoms with E-state index in [0.717, 1.165) is 59.5 Å². The number of thiophene rings is 1. The Balaban J connectivity index is 1.32. The minimum absolute atomic E-state index is 0.134. The number of aromatic hydroxyl groups is 1. The van der Waals surface area contributed by atoms with Crippen LogP contribution in [0.25, 0.3) is 10.2 Å². The smallest absolute Gasteiger partial charge is 0.230 e. The zero-order valence-electron chi connectivity index (χ0n) is 15.5. The van der Waals surface area contributed by atoms with E-state index in [4.69, 9.17) is 0 Å². The van der Waals surface area contributed by atoms with Crippen LogP contribution in [0.2, 0.25) is 0 Å². The Bertz CT molecular complexity index is 1030. The van der Waals surface area contributed by atoms with Crippen molar-refractivity contribution in [2.75, 3.05) is 31.1 Å². The number of hydrogen-bond donors (Lipinski definition) is 1. The lowest BCUT2D eigenvalue weighted by atomic mass is 9.81. The molecule has 1 atom stereocenters. The molecule has 1 unspecified atom stereocenters.